The lowest BCUT2D eigenvalue weighted by atomic mass is 9.99. The van der Waals surface area contributed by atoms with Crippen LogP contribution in [0, 0.1) is 5.92 Å². The smallest absolute Gasteiger partial charge is 0.270 e. The van der Waals surface area contributed by atoms with Crippen molar-refractivity contribution in [1.82, 2.24) is 19.4 Å². The Balaban J connectivity index is 1.62. The number of nitrogens with one attached hydrogen (secondary N) is 1. The molecule has 2 aromatic rings. The van der Waals surface area contributed by atoms with Crippen LogP contribution in [0.2, 0.25) is 5.02 Å². The van der Waals surface area contributed by atoms with Crippen LogP contribution in [0.3, 0.4) is 0 Å². The minimum absolute atomic E-state index is 0.0201. The van der Waals surface area contributed by atoms with E-state index in [1.807, 2.05) is 19.4 Å². The number of amides is 1. The van der Waals surface area contributed by atoms with Gasteiger partial charge in [0.2, 0.25) is 0 Å². The summed E-state index contributed by atoms with van der Waals surface area (Å²) in [6.07, 6.45) is 7.52. The summed E-state index contributed by atoms with van der Waals surface area (Å²) in [5, 5.41) is 0.558. The molecule has 0 bridgehead atoms. The second-order valence-corrected chi connectivity index (χ2v) is 5.75. The van der Waals surface area contributed by atoms with E-state index in [2.05, 4.69) is 14.5 Å². The molecule has 106 valence electrons. The van der Waals surface area contributed by atoms with Crippen molar-refractivity contribution in [2.24, 2.45) is 5.92 Å². The van der Waals surface area contributed by atoms with Gasteiger partial charge in [0.25, 0.3) is 5.91 Å². The van der Waals surface area contributed by atoms with E-state index in [1.54, 1.807) is 17.2 Å². The Bertz CT molecular complexity index is 618. The number of nitrogens with zero attached hydrogens (tertiary/aromatic N) is 3. The molecule has 1 atom stereocenters. The second-order valence-electron chi connectivity index (χ2n) is 5.32. The third-order valence-corrected chi connectivity index (χ3v) is 4.01. The van der Waals surface area contributed by atoms with Crippen LogP contribution >= 0.6 is 11.6 Å². The molecule has 0 aromatic carbocycles. The van der Waals surface area contributed by atoms with Gasteiger partial charge in [-0.1, -0.05) is 11.6 Å². The molecule has 1 unspecified atom stereocenters. The molecule has 5 nitrogen and oxygen atoms in total. The zero-order valence-corrected chi connectivity index (χ0v) is 12.1. The Morgan fingerprint density at radius 2 is 2.50 bits per heavy atom. The van der Waals surface area contributed by atoms with Crippen LogP contribution in [0.1, 0.15) is 22.7 Å². The Morgan fingerprint density at radius 1 is 1.65 bits per heavy atom. The average Bonchev–Trinajstić information content (AvgIpc) is 3.05. The number of aromatic nitrogens is 3. The number of imidazole rings is 1. The molecule has 0 saturated carbocycles. The molecule has 0 radical (unpaired) electrons. The Hall–Kier alpha value is -1.75. The maximum atomic E-state index is 12.2. The first-order valence-electron chi connectivity index (χ1n) is 6.73. The number of aryl methyl sites for hydroxylation is 1. The Kier molecular flexibility index (Phi) is 3.53. The number of hydrogen-bond acceptors (Lipinski definition) is 2. The number of aromatic amines is 1. The van der Waals surface area contributed by atoms with Crippen molar-refractivity contribution in [2.75, 3.05) is 13.6 Å². The highest BCUT2D eigenvalue weighted by atomic mass is 35.5. The van der Waals surface area contributed by atoms with Crippen molar-refractivity contribution < 1.29 is 4.79 Å². The fourth-order valence-corrected chi connectivity index (χ4v) is 2.92. The molecule has 1 N–H and O–H groups in total. The molecule has 0 spiro atoms. The minimum atomic E-state index is -0.0201. The molecule has 3 heterocycles. The standard InChI is InChI=1S/C14H17ClN4O/c1-18(14(20)12-6-11(15)7-17-12)8-10-2-3-13-16-4-5-19(13)9-10/h4-7,10,17H,2-3,8-9H2,1H3. The van der Waals surface area contributed by atoms with Gasteiger partial charge in [0.05, 0.1) is 5.02 Å². The molecule has 20 heavy (non-hydrogen) atoms. The number of rotatable bonds is 3. The molecule has 0 fully saturated rings. The molecular formula is C14H17ClN4O. The molecule has 1 aliphatic heterocycles. The van der Waals surface area contributed by atoms with Gasteiger partial charge in [-0.25, -0.2) is 4.98 Å². The van der Waals surface area contributed by atoms with Gasteiger partial charge >= 0.3 is 0 Å². The summed E-state index contributed by atoms with van der Waals surface area (Å²) in [5.41, 5.74) is 0.539. The lowest BCUT2D eigenvalue weighted by molar-refractivity contribution is 0.0755. The highest BCUT2D eigenvalue weighted by Gasteiger charge is 2.22. The zero-order valence-electron chi connectivity index (χ0n) is 11.3. The van der Waals surface area contributed by atoms with Gasteiger partial charge in [-0.05, 0) is 18.4 Å². The van der Waals surface area contributed by atoms with Crippen LogP contribution in [-0.4, -0.2) is 38.9 Å². The molecule has 1 aliphatic rings. The Morgan fingerprint density at radius 3 is 3.25 bits per heavy atom. The highest BCUT2D eigenvalue weighted by Crippen LogP contribution is 2.20. The van der Waals surface area contributed by atoms with Gasteiger partial charge in [-0.2, -0.15) is 0 Å². The molecular weight excluding hydrogens is 276 g/mol. The van der Waals surface area contributed by atoms with Gasteiger partial charge in [0.15, 0.2) is 0 Å². The lowest BCUT2D eigenvalue weighted by Gasteiger charge is -2.28. The van der Waals surface area contributed by atoms with E-state index in [4.69, 9.17) is 11.6 Å². The first-order chi connectivity index (χ1) is 9.63. The lowest BCUT2D eigenvalue weighted by Crippen LogP contribution is -2.35. The molecule has 3 rings (SSSR count). The zero-order chi connectivity index (χ0) is 14.1. The third-order valence-electron chi connectivity index (χ3n) is 3.79. The molecule has 0 aliphatic carbocycles. The van der Waals surface area contributed by atoms with Crippen molar-refractivity contribution >= 4 is 17.5 Å². The summed E-state index contributed by atoms with van der Waals surface area (Å²) in [7, 11) is 1.83. The fraction of sp³-hybridized carbons (Fsp3) is 0.429. The molecule has 0 saturated heterocycles. The van der Waals surface area contributed by atoms with Crippen LogP contribution in [-0.2, 0) is 13.0 Å². The topological polar surface area (TPSA) is 53.9 Å². The molecule has 1 amide bonds. The van der Waals surface area contributed by atoms with E-state index in [0.717, 1.165) is 31.8 Å². The summed E-state index contributed by atoms with van der Waals surface area (Å²) >= 11 is 5.83. The number of carbonyl (C=O) groups is 1. The normalized spacial score (nSPS) is 17.8. The quantitative estimate of drug-likeness (QED) is 0.943. The van der Waals surface area contributed by atoms with Gasteiger partial charge in [-0.3, -0.25) is 4.79 Å². The van der Waals surface area contributed by atoms with Crippen LogP contribution in [0.4, 0.5) is 0 Å². The van der Waals surface area contributed by atoms with Crippen molar-refractivity contribution in [3.63, 3.8) is 0 Å². The monoisotopic (exact) mass is 292 g/mol. The van der Waals surface area contributed by atoms with Gasteiger partial charge in [-0.15, -0.1) is 0 Å². The van der Waals surface area contributed by atoms with E-state index < -0.39 is 0 Å². The van der Waals surface area contributed by atoms with E-state index in [0.29, 0.717) is 16.6 Å². The SMILES string of the molecule is CN(CC1CCc2nccn2C1)C(=O)c1cc(Cl)c[nH]1. The van der Waals surface area contributed by atoms with Crippen molar-refractivity contribution in [2.45, 2.75) is 19.4 Å². The number of hydrogen-bond donors (Lipinski definition) is 1. The minimum Gasteiger partial charge on any atom is -0.356 e. The van der Waals surface area contributed by atoms with Crippen LogP contribution in [0.5, 0.6) is 0 Å². The van der Waals surface area contributed by atoms with E-state index >= 15 is 0 Å². The Labute approximate surface area is 122 Å². The second kappa shape index (κ2) is 5.32. The van der Waals surface area contributed by atoms with Gasteiger partial charge < -0.3 is 14.5 Å². The van der Waals surface area contributed by atoms with Gasteiger partial charge in [0.1, 0.15) is 11.5 Å². The van der Waals surface area contributed by atoms with Crippen LogP contribution < -0.4 is 0 Å². The van der Waals surface area contributed by atoms with Crippen LogP contribution in [0.25, 0.3) is 0 Å². The van der Waals surface area contributed by atoms with Gasteiger partial charge in [0, 0.05) is 45.1 Å². The van der Waals surface area contributed by atoms with E-state index in [9.17, 15) is 4.79 Å². The predicted molar refractivity (Wildman–Crippen MR) is 76.8 cm³/mol. The largest absolute Gasteiger partial charge is 0.356 e. The van der Waals surface area contributed by atoms with E-state index in [-0.39, 0.29) is 5.91 Å². The predicted octanol–water partition coefficient (Wildman–Crippen LogP) is 2.20. The third kappa shape index (κ3) is 2.58. The summed E-state index contributed by atoms with van der Waals surface area (Å²) in [5.74, 6) is 1.59. The molecule has 2 aromatic heterocycles. The number of halogens is 1. The average molecular weight is 293 g/mol. The maximum Gasteiger partial charge on any atom is 0.270 e. The molecule has 6 heteroatoms. The fourth-order valence-electron chi connectivity index (χ4n) is 2.75. The van der Waals surface area contributed by atoms with Crippen molar-refractivity contribution in [3.8, 4) is 0 Å². The summed E-state index contributed by atoms with van der Waals surface area (Å²) in [4.78, 5) is 21.2. The first kappa shape index (κ1) is 13.2. The number of H-pyrrole nitrogens is 1. The summed E-state index contributed by atoms with van der Waals surface area (Å²) in [6.45, 7) is 1.67. The van der Waals surface area contributed by atoms with Crippen LogP contribution in [0.15, 0.2) is 24.7 Å². The summed E-state index contributed by atoms with van der Waals surface area (Å²) in [6, 6.07) is 1.66. The number of fused-ring (bicyclic) bond motifs is 1. The maximum absolute atomic E-state index is 12.2. The summed E-state index contributed by atoms with van der Waals surface area (Å²) < 4.78 is 2.18. The first-order valence-corrected chi connectivity index (χ1v) is 7.10. The van der Waals surface area contributed by atoms with Crippen molar-refractivity contribution in [1.29, 1.82) is 0 Å². The highest BCUT2D eigenvalue weighted by molar-refractivity contribution is 6.30. The van der Waals surface area contributed by atoms with E-state index in [1.165, 1.54) is 0 Å². The van der Waals surface area contributed by atoms with Crippen molar-refractivity contribution in [3.05, 3.63) is 41.2 Å². The number of carbonyl (C=O) groups excluding carboxylic acids is 1.